The van der Waals surface area contributed by atoms with Crippen LogP contribution >= 0.6 is 22.7 Å². The van der Waals surface area contributed by atoms with Crippen molar-refractivity contribution < 1.29 is 18.3 Å². The predicted octanol–water partition coefficient (Wildman–Crippen LogP) is 7.68. The van der Waals surface area contributed by atoms with Crippen molar-refractivity contribution in [2.45, 2.75) is 0 Å². The highest BCUT2D eigenvalue weighted by molar-refractivity contribution is 7.08. The molecule has 8 heteroatoms. The summed E-state index contributed by atoms with van der Waals surface area (Å²) in [7, 11) is 8.46. The van der Waals surface area contributed by atoms with Gasteiger partial charge >= 0.3 is 0 Å². The number of rotatable bonds is 4. The Hall–Kier alpha value is -8.04. The Morgan fingerprint density at radius 1 is 0.294 bits per heavy atom. The fourth-order valence-electron chi connectivity index (χ4n) is 10.4. The third-order valence-corrected chi connectivity index (χ3v) is 16.0. The SMILES string of the molecule is C[n+]1cccc2cc(C3=c4ccc(s4)=C(c4ccc5c(ccc[n+]5C)c4)c4ccc([nH]4)C(c4ccc5c(ccc[n+]5C)c4)=c4ccc(s4)=C(c4ccc5c(ccc[n+]5C)c4)c4ccc3[nH]4)ccc21. The summed E-state index contributed by atoms with van der Waals surface area (Å²) in [5.74, 6) is 0. The average molecular weight is 915 g/mol. The van der Waals surface area contributed by atoms with Crippen LogP contribution in [0.5, 0.6) is 0 Å². The Morgan fingerprint density at radius 3 is 0.794 bits per heavy atom. The van der Waals surface area contributed by atoms with Crippen molar-refractivity contribution in [2.24, 2.45) is 28.2 Å². The minimum Gasteiger partial charge on any atom is -0.354 e. The first-order chi connectivity index (χ1) is 33.3. The summed E-state index contributed by atoms with van der Waals surface area (Å²) in [6.07, 6.45) is 8.46. The van der Waals surface area contributed by atoms with E-state index >= 15 is 0 Å². The number of hydrogen-bond donors (Lipinski definition) is 2. The van der Waals surface area contributed by atoms with Gasteiger partial charge in [-0.2, -0.15) is 0 Å². The predicted molar refractivity (Wildman–Crippen MR) is 276 cm³/mol. The van der Waals surface area contributed by atoms with Gasteiger partial charge in [-0.05, 0) is 144 Å². The average Bonchev–Trinajstić information content (AvgIpc) is 4.21. The van der Waals surface area contributed by atoms with Gasteiger partial charge in [-0.1, -0.05) is 0 Å². The van der Waals surface area contributed by atoms with E-state index in [1.54, 1.807) is 0 Å². The van der Waals surface area contributed by atoms with Gasteiger partial charge in [0.25, 0.3) is 0 Å². The largest absolute Gasteiger partial charge is 0.354 e. The van der Waals surface area contributed by atoms with E-state index in [9.17, 15) is 0 Å². The molecule has 0 radical (unpaired) electrons. The highest BCUT2D eigenvalue weighted by Crippen LogP contribution is 2.32. The van der Waals surface area contributed by atoms with Gasteiger partial charge in [-0.3, -0.25) is 0 Å². The van der Waals surface area contributed by atoms with Crippen LogP contribution in [0, 0.1) is 0 Å². The van der Waals surface area contributed by atoms with Gasteiger partial charge in [-0.15, -0.1) is 22.7 Å². The molecular weight excluding hydrogens is 869 g/mol. The standard InChI is InChI=1S/C60H46N6S2/c1-63-29-5-9-37-33-41(13-21-49(37)63)57-45-17-18-46(61-45)58(42-14-22-50-38(34-42)10-6-30-64(50)2)55-27-28-56(68-55)60(44-16-24-52-40(36-44)12-8-32-66(52)4)48-20-19-47(62-48)59(54-26-25-53(57)67-54)43-15-23-51-39(35-43)11-7-31-65(51)3/h5-36,61-62H,1-4H3/q+4. The summed E-state index contributed by atoms with van der Waals surface area (Å²) < 4.78 is 13.5. The molecule has 6 nitrogen and oxygen atoms in total. The topological polar surface area (TPSA) is 47.1 Å². The maximum Gasteiger partial charge on any atom is 0.212 e. The van der Waals surface area contributed by atoms with E-state index in [2.05, 4.69) is 251 Å². The molecular formula is C60H46N6S2+4. The summed E-state index contributed by atoms with van der Waals surface area (Å²) in [5.41, 5.74) is 18.4. The van der Waals surface area contributed by atoms with Crippen LogP contribution in [0.2, 0.25) is 0 Å². The molecule has 0 atom stereocenters. The van der Waals surface area contributed by atoms with Gasteiger partial charge in [0.05, 0.1) is 0 Å². The van der Waals surface area contributed by atoms with E-state index in [4.69, 9.17) is 0 Å². The van der Waals surface area contributed by atoms with Crippen molar-refractivity contribution >= 4 is 88.6 Å². The van der Waals surface area contributed by atoms with E-state index in [-0.39, 0.29) is 0 Å². The molecule has 12 aromatic rings. The molecule has 2 N–H and O–H groups in total. The van der Waals surface area contributed by atoms with E-state index in [0.717, 1.165) is 45.0 Å². The second-order valence-corrected chi connectivity index (χ2v) is 20.1. The summed E-state index contributed by atoms with van der Waals surface area (Å²) in [4.78, 5) is 8.10. The lowest BCUT2D eigenvalue weighted by Crippen LogP contribution is -2.27. The quantitative estimate of drug-likeness (QED) is 0.171. The van der Waals surface area contributed by atoms with Gasteiger partial charge in [0.15, 0.2) is 24.8 Å². The first kappa shape index (κ1) is 40.3. The Labute approximate surface area is 400 Å². The zero-order valence-corrected chi connectivity index (χ0v) is 39.7. The fraction of sp³-hybridized carbons (Fsp3) is 0.0667. The highest BCUT2D eigenvalue weighted by Gasteiger charge is 2.21. The van der Waals surface area contributed by atoms with Crippen LogP contribution in [-0.2, 0) is 28.2 Å². The van der Waals surface area contributed by atoms with Gasteiger partial charge in [-0.25, -0.2) is 18.3 Å². The molecule has 68 heavy (non-hydrogen) atoms. The molecule has 0 saturated heterocycles. The third-order valence-electron chi connectivity index (χ3n) is 13.8. The molecule has 0 amide bonds. The van der Waals surface area contributed by atoms with Crippen LogP contribution in [0.3, 0.4) is 0 Å². The van der Waals surface area contributed by atoms with Crippen LogP contribution in [0.25, 0.3) is 65.9 Å². The van der Waals surface area contributed by atoms with Crippen molar-refractivity contribution in [3.8, 4) is 0 Å². The number of nitrogens with zero attached hydrogens (tertiary/aromatic N) is 4. The van der Waals surface area contributed by atoms with E-state index in [0.29, 0.717) is 0 Å². The molecule has 8 bridgehead atoms. The number of hydrogen-bond acceptors (Lipinski definition) is 2. The van der Waals surface area contributed by atoms with Crippen molar-refractivity contribution in [1.29, 1.82) is 0 Å². The Bertz CT molecular complexity index is 3790. The normalized spacial score (nSPS) is 12.9. The number of pyridine rings is 4. The smallest absolute Gasteiger partial charge is 0.212 e. The molecule has 4 aromatic carbocycles. The van der Waals surface area contributed by atoms with Crippen molar-refractivity contribution in [3.63, 3.8) is 0 Å². The summed E-state index contributed by atoms with van der Waals surface area (Å²) >= 11 is 3.69. The van der Waals surface area contributed by atoms with Crippen molar-refractivity contribution in [3.05, 3.63) is 258 Å². The van der Waals surface area contributed by atoms with Crippen molar-refractivity contribution in [1.82, 2.24) is 9.97 Å². The van der Waals surface area contributed by atoms with Crippen LogP contribution in [0.4, 0.5) is 0 Å². The van der Waals surface area contributed by atoms with Crippen LogP contribution < -0.4 is 36.4 Å². The zero-order chi connectivity index (χ0) is 45.6. The van der Waals surface area contributed by atoms with Gasteiger partial charge in [0.1, 0.15) is 28.2 Å². The molecule has 9 heterocycles. The lowest BCUT2D eigenvalue weighted by atomic mass is 10.0. The molecule has 0 spiro atoms. The number of fused-ring (bicyclic) bond motifs is 12. The first-order valence-corrected chi connectivity index (χ1v) is 24.6. The summed E-state index contributed by atoms with van der Waals surface area (Å²) in [5, 5.41) is 4.78. The van der Waals surface area contributed by atoms with E-state index in [1.165, 1.54) is 84.0 Å². The van der Waals surface area contributed by atoms with Crippen LogP contribution in [0.15, 0.2) is 195 Å². The summed E-state index contributed by atoms with van der Waals surface area (Å²) in [6.45, 7) is 0. The lowest BCUT2D eigenvalue weighted by molar-refractivity contribution is -0.645. The minimum absolute atomic E-state index is 1.07. The van der Waals surface area contributed by atoms with Crippen LogP contribution in [0.1, 0.15) is 45.0 Å². The number of aromatic nitrogens is 6. The Morgan fingerprint density at radius 2 is 0.544 bits per heavy atom. The fourth-order valence-corrected chi connectivity index (χ4v) is 12.7. The highest BCUT2D eigenvalue weighted by atomic mass is 32.1. The Balaban J connectivity index is 1.15. The molecule has 0 saturated carbocycles. The third kappa shape index (κ3) is 6.67. The molecule has 0 fully saturated rings. The maximum atomic E-state index is 4.05. The molecule has 324 valence electrons. The molecule has 1 aliphatic rings. The number of H-pyrrole nitrogens is 2. The van der Waals surface area contributed by atoms with E-state index < -0.39 is 0 Å². The van der Waals surface area contributed by atoms with Crippen molar-refractivity contribution in [2.75, 3.05) is 0 Å². The zero-order valence-electron chi connectivity index (χ0n) is 38.1. The number of nitrogens with one attached hydrogen (secondary N) is 2. The number of benzene rings is 4. The number of aryl methyl sites for hydroxylation is 4. The molecule has 0 unspecified atom stereocenters. The van der Waals surface area contributed by atoms with Gasteiger partial charge in [0, 0.05) is 133 Å². The second-order valence-electron chi connectivity index (χ2n) is 18.0. The molecule has 0 aliphatic carbocycles. The second kappa shape index (κ2) is 15.8. The summed E-state index contributed by atoms with van der Waals surface area (Å²) in [6, 6.07) is 63.3. The Kier molecular flexibility index (Phi) is 9.35. The van der Waals surface area contributed by atoms with E-state index in [1.807, 2.05) is 22.7 Å². The van der Waals surface area contributed by atoms with Crippen LogP contribution in [-0.4, -0.2) is 9.97 Å². The molecule has 1 aliphatic heterocycles. The molecule has 13 rings (SSSR count). The van der Waals surface area contributed by atoms with Gasteiger partial charge in [0.2, 0.25) is 22.1 Å². The molecule has 8 aromatic heterocycles. The monoisotopic (exact) mass is 914 g/mol. The lowest BCUT2D eigenvalue weighted by Gasteiger charge is -2.10. The first-order valence-electron chi connectivity index (χ1n) is 22.9. The number of thiophene rings is 2. The minimum atomic E-state index is 1.07. The van der Waals surface area contributed by atoms with Gasteiger partial charge < -0.3 is 9.97 Å². The number of aromatic amines is 2. The maximum absolute atomic E-state index is 4.05.